The summed E-state index contributed by atoms with van der Waals surface area (Å²) in [7, 11) is 1.25. The maximum Gasteiger partial charge on any atom is 0.417 e. The second-order valence-electron chi connectivity index (χ2n) is 4.01. The molecule has 0 heterocycles. The number of nitrogens with one attached hydrogen (secondary N) is 1. The molecule has 6 heteroatoms. The third-order valence-electron chi connectivity index (χ3n) is 2.57. The Morgan fingerprint density at radius 2 is 1.81 bits per heavy atom. The van der Waals surface area contributed by atoms with E-state index in [-0.39, 0.29) is 10.6 Å². The van der Waals surface area contributed by atoms with Crippen LogP contribution in [0.5, 0.6) is 5.75 Å². The number of carbonyl (C=O) groups excluding carboxylic acids is 2. The first-order chi connectivity index (χ1) is 10.1. The molecule has 2 rings (SSSR count). The Morgan fingerprint density at radius 3 is 2.48 bits per heavy atom. The van der Waals surface area contributed by atoms with Gasteiger partial charge in [-0.05, 0) is 30.3 Å². The molecular formula is C15H12ClNO4. The van der Waals surface area contributed by atoms with Crippen molar-refractivity contribution in [1.82, 2.24) is 0 Å². The minimum Gasteiger partial charge on any atom is -0.465 e. The molecule has 0 fully saturated rings. The van der Waals surface area contributed by atoms with E-state index >= 15 is 0 Å². The van der Waals surface area contributed by atoms with E-state index in [0.717, 1.165) is 0 Å². The van der Waals surface area contributed by atoms with Crippen molar-refractivity contribution in [2.45, 2.75) is 0 Å². The number of esters is 1. The number of anilines is 1. The maximum atomic E-state index is 11.7. The van der Waals surface area contributed by atoms with Gasteiger partial charge < -0.3 is 9.47 Å². The molecule has 5 nitrogen and oxygen atoms in total. The summed E-state index contributed by atoms with van der Waals surface area (Å²) in [5.41, 5.74) is 0.539. The van der Waals surface area contributed by atoms with Crippen molar-refractivity contribution in [2.24, 2.45) is 0 Å². The molecule has 0 radical (unpaired) electrons. The van der Waals surface area contributed by atoms with Gasteiger partial charge in [-0.25, -0.2) is 9.59 Å². The minimum absolute atomic E-state index is 0.164. The van der Waals surface area contributed by atoms with E-state index in [1.165, 1.54) is 19.2 Å². The van der Waals surface area contributed by atoms with Crippen LogP contribution >= 0.6 is 11.6 Å². The van der Waals surface area contributed by atoms with E-state index < -0.39 is 12.1 Å². The summed E-state index contributed by atoms with van der Waals surface area (Å²) in [6.07, 6.45) is -0.667. The first-order valence-electron chi connectivity index (χ1n) is 6.02. The van der Waals surface area contributed by atoms with Crippen LogP contribution in [-0.2, 0) is 4.74 Å². The summed E-state index contributed by atoms with van der Waals surface area (Å²) < 4.78 is 9.68. The van der Waals surface area contributed by atoms with Crippen molar-refractivity contribution in [2.75, 3.05) is 12.4 Å². The number of hydrogen-bond donors (Lipinski definition) is 1. The van der Waals surface area contributed by atoms with Crippen molar-refractivity contribution < 1.29 is 19.1 Å². The van der Waals surface area contributed by atoms with Crippen molar-refractivity contribution in [3.05, 3.63) is 59.1 Å². The van der Waals surface area contributed by atoms with E-state index in [0.29, 0.717) is 11.4 Å². The molecule has 0 aliphatic rings. The van der Waals surface area contributed by atoms with Crippen LogP contribution in [0.25, 0.3) is 0 Å². The molecule has 0 bridgehead atoms. The summed E-state index contributed by atoms with van der Waals surface area (Å²) in [6, 6.07) is 13.1. The average molecular weight is 306 g/mol. The van der Waals surface area contributed by atoms with E-state index in [1.807, 2.05) is 6.07 Å². The third kappa shape index (κ3) is 3.97. The Balaban J connectivity index is 2.09. The molecule has 2 aromatic carbocycles. The molecule has 0 atom stereocenters. The lowest BCUT2D eigenvalue weighted by Crippen LogP contribution is -2.17. The number of halogens is 1. The molecule has 0 saturated carbocycles. The standard InChI is InChI=1S/C15H12ClNO4/c1-20-14(18)12-9-10(7-8-13(12)16)17-15(19)21-11-5-3-2-4-6-11/h2-9H,1H3,(H,17,19). The third-order valence-corrected chi connectivity index (χ3v) is 2.90. The largest absolute Gasteiger partial charge is 0.465 e. The Bertz CT molecular complexity index is 658. The van der Waals surface area contributed by atoms with E-state index in [9.17, 15) is 9.59 Å². The smallest absolute Gasteiger partial charge is 0.417 e. The van der Waals surface area contributed by atoms with Gasteiger partial charge in [0.1, 0.15) is 5.75 Å². The number of methoxy groups -OCH3 is 1. The van der Waals surface area contributed by atoms with Gasteiger partial charge in [0.2, 0.25) is 0 Å². The molecule has 0 saturated heterocycles. The maximum absolute atomic E-state index is 11.7. The van der Waals surface area contributed by atoms with Gasteiger partial charge in [0, 0.05) is 5.69 Å². The molecule has 108 valence electrons. The summed E-state index contributed by atoms with van der Waals surface area (Å²) >= 11 is 5.89. The fraction of sp³-hybridized carbons (Fsp3) is 0.0667. The molecule has 0 unspecified atom stereocenters. The predicted molar refractivity (Wildman–Crippen MR) is 78.9 cm³/mol. The molecule has 0 spiro atoms. The van der Waals surface area contributed by atoms with Crippen LogP contribution in [0.4, 0.5) is 10.5 Å². The van der Waals surface area contributed by atoms with Crippen LogP contribution in [0.1, 0.15) is 10.4 Å². The van der Waals surface area contributed by atoms with E-state index in [4.69, 9.17) is 16.3 Å². The molecule has 1 N–H and O–H groups in total. The number of hydrogen-bond acceptors (Lipinski definition) is 4. The number of carbonyl (C=O) groups is 2. The zero-order chi connectivity index (χ0) is 15.2. The van der Waals surface area contributed by atoms with Crippen LogP contribution < -0.4 is 10.1 Å². The first kappa shape index (κ1) is 14.9. The Kier molecular flexibility index (Phi) is 4.79. The number of benzene rings is 2. The summed E-state index contributed by atoms with van der Waals surface area (Å²) in [5.74, 6) is -0.169. The number of rotatable bonds is 3. The molecule has 0 aliphatic heterocycles. The second kappa shape index (κ2) is 6.76. The van der Waals surface area contributed by atoms with Gasteiger partial charge in [0.25, 0.3) is 0 Å². The molecule has 0 aromatic heterocycles. The lowest BCUT2D eigenvalue weighted by atomic mass is 10.2. The number of ether oxygens (including phenoxy) is 2. The topological polar surface area (TPSA) is 64.6 Å². The molecule has 21 heavy (non-hydrogen) atoms. The second-order valence-corrected chi connectivity index (χ2v) is 4.42. The van der Waals surface area contributed by atoms with E-state index in [2.05, 4.69) is 10.1 Å². The van der Waals surface area contributed by atoms with Gasteiger partial charge in [-0.15, -0.1) is 0 Å². The normalized spacial score (nSPS) is 9.81. The number of para-hydroxylation sites is 1. The van der Waals surface area contributed by atoms with Gasteiger partial charge in [0.05, 0.1) is 17.7 Å². The highest BCUT2D eigenvalue weighted by Crippen LogP contribution is 2.21. The lowest BCUT2D eigenvalue weighted by Gasteiger charge is -2.08. The summed E-state index contributed by atoms with van der Waals surface area (Å²) in [5, 5.41) is 2.75. The van der Waals surface area contributed by atoms with Crippen LogP contribution in [0.3, 0.4) is 0 Å². The molecule has 0 aliphatic carbocycles. The first-order valence-corrected chi connectivity index (χ1v) is 6.39. The van der Waals surface area contributed by atoms with Crippen molar-refractivity contribution in [3.8, 4) is 5.75 Å². The molecule has 1 amide bonds. The quantitative estimate of drug-likeness (QED) is 0.877. The fourth-order valence-corrected chi connectivity index (χ4v) is 1.80. The number of amides is 1. The van der Waals surface area contributed by atoms with Crippen molar-refractivity contribution >= 4 is 29.4 Å². The summed E-state index contributed by atoms with van der Waals surface area (Å²) in [6.45, 7) is 0. The highest BCUT2D eigenvalue weighted by atomic mass is 35.5. The Labute approximate surface area is 126 Å². The zero-order valence-electron chi connectivity index (χ0n) is 11.1. The van der Waals surface area contributed by atoms with Gasteiger partial charge in [0.15, 0.2) is 0 Å². The Hall–Kier alpha value is -2.53. The van der Waals surface area contributed by atoms with Gasteiger partial charge in [-0.1, -0.05) is 29.8 Å². The van der Waals surface area contributed by atoms with Crippen LogP contribution in [0.15, 0.2) is 48.5 Å². The van der Waals surface area contributed by atoms with Gasteiger partial charge in [-0.3, -0.25) is 5.32 Å². The van der Waals surface area contributed by atoms with Crippen molar-refractivity contribution in [1.29, 1.82) is 0 Å². The van der Waals surface area contributed by atoms with Crippen LogP contribution in [0.2, 0.25) is 5.02 Å². The van der Waals surface area contributed by atoms with Crippen LogP contribution in [0, 0.1) is 0 Å². The van der Waals surface area contributed by atoms with Gasteiger partial charge in [-0.2, -0.15) is 0 Å². The molecule has 2 aromatic rings. The summed E-state index contributed by atoms with van der Waals surface area (Å²) in [4.78, 5) is 23.2. The lowest BCUT2D eigenvalue weighted by molar-refractivity contribution is 0.0601. The minimum atomic E-state index is -0.667. The zero-order valence-corrected chi connectivity index (χ0v) is 11.9. The van der Waals surface area contributed by atoms with Crippen LogP contribution in [-0.4, -0.2) is 19.2 Å². The Morgan fingerprint density at radius 1 is 1.10 bits per heavy atom. The fourth-order valence-electron chi connectivity index (χ4n) is 1.61. The van der Waals surface area contributed by atoms with Crippen molar-refractivity contribution in [3.63, 3.8) is 0 Å². The molecular weight excluding hydrogens is 294 g/mol. The average Bonchev–Trinajstić information content (AvgIpc) is 2.49. The van der Waals surface area contributed by atoms with E-state index in [1.54, 1.807) is 30.3 Å². The monoisotopic (exact) mass is 305 g/mol. The highest BCUT2D eigenvalue weighted by molar-refractivity contribution is 6.33. The van der Waals surface area contributed by atoms with Gasteiger partial charge >= 0.3 is 12.1 Å². The SMILES string of the molecule is COC(=O)c1cc(NC(=O)Oc2ccccc2)ccc1Cl. The predicted octanol–water partition coefficient (Wildman–Crippen LogP) is 3.74. The highest BCUT2D eigenvalue weighted by Gasteiger charge is 2.13.